The molecule has 0 saturated heterocycles. The Labute approximate surface area is 663 Å². The third-order valence-electron chi connectivity index (χ3n) is 25.2. The number of para-hydroxylation sites is 1. The van der Waals surface area contributed by atoms with E-state index in [1.807, 2.05) is 18.5 Å². The van der Waals surface area contributed by atoms with Crippen molar-refractivity contribution in [3.63, 3.8) is 0 Å². The van der Waals surface area contributed by atoms with E-state index in [1.165, 1.54) is 82.4 Å². The molecule has 1 atom stereocenters. The van der Waals surface area contributed by atoms with Gasteiger partial charge in [-0.15, -0.1) is 0 Å². The van der Waals surface area contributed by atoms with E-state index in [9.17, 15) is 0 Å². The summed E-state index contributed by atoms with van der Waals surface area (Å²) >= 11 is 0. The van der Waals surface area contributed by atoms with Crippen LogP contribution in [0.2, 0.25) is 0 Å². The third-order valence-corrected chi connectivity index (χ3v) is 25.2. The minimum atomic E-state index is -0.456. The molecule has 1 aliphatic carbocycles. The van der Waals surface area contributed by atoms with Crippen molar-refractivity contribution in [2.24, 2.45) is 4.99 Å². The van der Waals surface area contributed by atoms with Crippen molar-refractivity contribution < 1.29 is 8.83 Å². The highest BCUT2D eigenvalue weighted by atomic mass is 16.3. The van der Waals surface area contributed by atoms with Gasteiger partial charge in [0.2, 0.25) is 0 Å². The number of pyridine rings is 1. The molecule has 6 nitrogen and oxygen atoms in total. The van der Waals surface area contributed by atoms with Gasteiger partial charge in [-0.3, -0.25) is 9.98 Å². The summed E-state index contributed by atoms with van der Waals surface area (Å²) in [4.78, 5) is 15.3. The molecule has 3 aliphatic rings. The predicted octanol–water partition coefficient (Wildman–Crippen LogP) is 29.2. The Morgan fingerprint density at radius 1 is 0.348 bits per heavy atom. The molecule has 5 heterocycles. The van der Waals surface area contributed by atoms with E-state index in [0.717, 1.165) is 155 Å². The molecule has 0 N–H and O–H groups in total. The largest absolute Gasteiger partial charge is 0.455 e. The Morgan fingerprint density at radius 3 is 1.83 bits per heavy atom. The fraction of sp³-hybridized carbons (Fsp3) is 0.0459. The average molecular weight is 1470 g/mol. The molecule has 3 aromatic heterocycles. The molecular weight excluding hydrogens is 1400 g/mol. The standard InChI is InChI=1S/C109H70N4O2/c1-109(2)94-39-13-11-35-90(94)100-84(37-20-40-95(100)109)92-62-74(96-41-15-16-54-110-96)45-46-82(92)88-50-49-87-93-63-75(112-57-53-78(83-34-12-14-42-97(83)112)73-44-43-65-22-3-4-24-67(65)58-73)64-99-101(93)102-85(48-47-79(105(102)114-99)71-29-17-28-70(60-71)77-32-9-10-33-80(77)81-36-18-27-66-23-7-8-31-76(66)81)86-51-52-98(107-104(86)103(87)106(88)115-107)113-56-21-55-111-108(113)89-38-19-30-72-59-68-25-5-6-26-69(68)61-91(72)89/h3-56,58-64,108H,57H2,1-2H3. The van der Waals surface area contributed by atoms with Crippen molar-refractivity contribution in [3.8, 4) is 78.0 Å². The summed E-state index contributed by atoms with van der Waals surface area (Å²) in [7, 11) is 0. The van der Waals surface area contributed by atoms with Crippen molar-refractivity contribution in [2.75, 3.05) is 16.3 Å². The van der Waals surface area contributed by atoms with Crippen LogP contribution in [0.4, 0.5) is 17.1 Å². The van der Waals surface area contributed by atoms with Crippen molar-refractivity contribution in [2.45, 2.75) is 25.4 Å². The quantitative estimate of drug-likeness (QED) is 0.128. The van der Waals surface area contributed by atoms with E-state index in [0.29, 0.717) is 6.54 Å². The van der Waals surface area contributed by atoms with Crippen LogP contribution in [0.1, 0.15) is 47.8 Å². The van der Waals surface area contributed by atoms with Crippen LogP contribution in [-0.4, -0.2) is 17.7 Å². The van der Waals surface area contributed by atoms with Crippen LogP contribution in [0, 0.1) is 0 Å². The SMILES string of the molecule is CC1(C)c2ccccc2-c2c(-c3cc(-c4ccccn4)ccc3-c3ccc4c5cc(N6CC=C(c7ccc8ccccc8c7)c7ccccc76)cc6oc7c(-c8cccc(-c9ccccc9-c9cccc%10ccccc9%10)c8)ccc(c8ccc(N9C=CC=NC9c9cccc%10cc%11ccccc%11cc9%10)c9oc3c4c98)c7c65)cccc21. The van der Waals surface area contributed by atoms with E-state index in [1.54, 1.807) is 0 Å². The Balaban J connectivity index is 0.799. The predicted molar refractivity (Wildman–Crippen MR) is 481 cm³/mol. The van der Waals surface area contributed by atoms with Gasteiger partial charge >= 0.3 is 0 Å². The monoisotopic (exact) mass is 1470 g/mol. The maximum atomic E-state index is 8.23. The first-order valence-corrected chi connectivity index (χ1v) is 39.8. The normalized spacial score (nSPS) is 14.4. The molecule has 0 saturated carbocycles. The van der Waals surface area contributed by atoms with Gasteiger partial charge in [-0.25, -0.2) is 0 Å². The number of benzene rings is 17. The van der Waals surface area contributed by atoms with Gasteiger partial charge in [-0.1, -0.05) is 281 Å². The summed E-state index contributed by atoms with van der Waals surface area (Å²) in [5.74, 6) is 0. The lowest BCUT2D eigenvalue weighted by Crippen LogP contribution is -2.24. The van der Waals surface area contributed by atoms with Gasteiger partial charge in [-0.05, 0) is 221 Å². The number of aromatic nitrogens is 1. The van der Waals surface area contributed by atoms with Crippen LogP contribution in [0.25, 0.3) is 192 Å². The molecule has 0 radical (unpaired) electrons. The number of rotatable bonds is 10. The minimum Gasteiger partial charge on any atom is -0.455 e. The topological polar surface area (TPSA) is 58.0 Å². The Bertz CT molecular complexity index is 7820. The average Bonchev–Trinajstić information content (AvgIpc) is 1.56. The molecular formula is C109H70N4O2. The van der Waals surface area contributed by atoms with Crippen LogP contribution in [0.15, 0.2) is 378 Å². The van der Waals surface area contributed by atoms with Crippen molar-refractivity contribution in [1.82, 2.24) is 4.98 Å². The number of hydrogen-bond acceptors (Lipinski definition) is 6. The number of furan rings is 2. The second-order valence-corrected chi connectivity index (χ2v) is 31.7. The van der Waals surface area contributed by atoms with E-state index >= 15 is 0 Å². The summed E-state index contributed by atoms with van der Waals surface area (Å²) in [5.41, 5.74) is 28.6. The second-order valence-electron chi connectivity index (χ2n) is 31.7. The lowest BCUT2D eigenvalue weighted by Gasteiger charge is -2.31. The molecule has 0 bridgehead atoms. The van der Waals surface area contributed by atoms with Gasteiger partial charge in [0.1, 0.15) is 16.7 Å². The first-order valence-electron chi connectivity index (χ1n) is 39.8. The van der Waals surface area contributed by atoms with Crippen LogP contribution in [-0.2, 0) is 5.41 Å². The molecule has 115 heavy (non-hydrogen) atoms. The third kappa shape index (κ3) is 9.89. The number of aliphatic imine (C=N–C) groups is 1. The van der Waals surface area contributed by atoms with Gasteiger partial charge in [0.05, 0.1) is 11.4 Å². The first kappa shape index (κ1) is 65.0. The zero-order valence-corrected chi connectivity index (χ0v) is 63.1. The fourth-order valence-corrected chi connectivity index (χ4v) is 19.9. The van der Waals surface area contributed by atoms with Crippen LogP contribution < -0.4 is 9.80 Å². The molecule has 538 valence electrons. The number of nitrogens with zero attached hydrogens (tertiary/aromatic N) is 4. The van der Waals surface area contributed by atoms with Gasteiger partial charge in [0, 0.05) is 97.4 Å². The molecule has 0 spiro atoms. The molecule has 18 aromatic carbocycles. The summed E-state index contributed by atoms with van der Waals surface area (Å²) in [6.07, 6.45) is 10.0. The molecule has 2 aliphatic heterocycles. The number of hydrogen-bond donors (Lipinski definition) is 0. The molecule has 21 aromatic rings. The zero-order chi connectivity index (χ0) is 75.7. The zero-order valence-electron chi connectivity index (χ0n) is 63.1. The van der Waals surface area contributed by atoms with Crippen molar-refractivity contribution in [3.05, 3.63) is 392 Å². The van der Waals surface area contributed by atoms with Crippen molar-refractivity contribution >= 4 is 137 Å². The summed E-state index contributed by atoms with van der Waals surface area (Å²) in [5, 5.41) is 17.9. The number of allylic oxidation sites excluding steroid dienone is 1. The lowest BCUT2D eigenvalue weighted by atomic mass is 9.81. The highest BCUT2D eigenvalue weighted by Gasteiger charge is 2.38. The van der Waals surface area contributed by atoms with E-state index in [-0.39, 0.29) is 5.41 Å². The number of anilines is 3. The van der Waals surface area contributed by atoms with Gasteiger partial charge < -0.3 is 18.6 Å². The van der Waals surface area contributed by atoms with E-state index in [4.69, 9.17) is 18.8 Å². The molecule has 1 unspecified atom stereocenters. The van der Waals surface area contributed by atoms with E-state index in [2.05, 4.69) is 376 Å². The van der Waals surface area contributed by atoms with Gasteiger partial charge in [-0.2, -0.15) is 0 Å². The molecule has 6 heteroatoms. The smallest absolute Gasteiger partial charge is 0.159 e. The lowest BCUT2D eigenvalue weighted by molar-refractivity contribution is 0.660. The highest BCUT2D eigenvalue weighted by Crippen LogP contribution is 2.57. The molecule has 0 fully saturated rings. The highest BCUT2D eigenvalue weighted by molar-refractivity contribution is 6.39. The van der Waals surface area contributed by atoms with Gasteiger partial charge in [0.25, 0.3) is 0 Å². The van der Waals surface area contributed by atoms with Crippen LogP contribution in [0.5, 0.6) is 0 Å². The second kappa shape index (κ2) is 25.1. The number of fused-ring (bicyclic) bond motifs is 10. The summed E-state index contributed by atoms with van der Waals surface area (Å²) in [6.45, 7) is 5.35. The van der Waals surface area contributed by atoms with Crippen molar-refractivity contribution in [1.29, 1.82) is 0 Å². The van der Waals surface area contributed by atoms with Gasteiger partial charge in [0.15, 0.2) is 11.7 Å². The summed E-state index contributed by atoms with van der Waals surface area (Å²) in [6, 6.07) is 125. The van der Waals surface area contributed by atoms with E-state index < -0.39 is 6.17 Å². The molecule has 0 amide bonds. The van der Waals surface area contributed by atoms with Crippen LogP contribution >= 0.6 is 0 Å². The molecule has 24 rings (SSSR count). The Hall–Kier alpha value is -14.7. The first-order chi connectivity index (χ1) is 56.8. The Kier molecular flexibility index (Phi) is 14.2. The maximum Gasteiger partial charge on any atom is 0.159 e. The van der Waals surface area contributed by atoms with Crippen LogP contribution in [0.3, 0.4) is 0 Å². The Morgan fingerprint density at radius 2 is 0.965 bits per heavy atom. The fourth-order valence-electron chi connectivity index (χ4n) is 19.9. The minimum absolute atomic E-state index is 0.240. The summed E-state index contributed by atoms with van der Waals surface area (Å²) < 4.78 is 16.1. The maximum absolute atomic E-state index is 8.23.